The molecule has 0 spiro atoms. The Morgan fingerprint density at radius 3 is 1.31 bits per heavy atom. The molecule has 14 nitrogen and oxygen atoms in total. The molecular formula is C20H32Cl2N10O4. The predicted octanol–water partition coefficient (Wildman–Crippen LogP) is 2.64. The molecule has 0 aromatic carbocycles. The number of hydrogen-bond donors (Lipinski definition) is 4. The van der Waals surface area contributed by atoms with E-state index < -0.39 is 0 Å². The number of aromatic nitrogens is 6. The first-order valence-corrected chi connectivity index (χ1v) is 11.9. The van der Waals surface area contributed by atoms with Gasteiger partial charge in [0.15, 0.2) is 0 Å². The van der Waals surface area contributed by atoms with E-state index in [0.717, 1.165) is 0 Å². The predicted molar refractivity (Wildman–Crippen MR) is 137 cm³/mol. The minimum atomic E-state index is -0.382. The zero-order valence-corrected chi connectivity index (χ0v) is 22.6. The van der Waals surface area contributed by atoms with Crippen molar-refractivity contribution in [1.82, 2.24) is 29.9 Å². The zero-order valence-electron chi connectivity index (χ0n) is 21.1. The van der Waals surface area contributed by atoms with Gasteiger partial charge in [-0.25, -0.2) is 0 Å². The molecule has 0 aliphatic carbocycles. The van der Waals surface area contributed by atoms with Gasteiger partial charge in [-0.1, -0.05) is 0 Å². The lowest BCUT2D eigenvalue weighted by molar-refractivity contribution is -0.141. The number of carbonyl (C=O) groups excluding carboxylic acids is 2. The number of hydrogen-bond acceptors (Lipinski definition) is 14. The molecule has 0 radical (unpaired) electrons. The Kier molecular flexibility index (Phi) is 14.0. The fourth-order valence-corrected chi connectivity index (χ4v) is 2.55. The summed E-state index contributed by atoms with van der Waals surface area (Å²) in [5.41, 5.74) is 0. The molecular weight excluding hydrogens is 515 g/mol. The van der Waals surface area contributed by atoms with E-state index in [1.54, 1.807) is 13.8 Å². The molecule has 0 aliphatic heterocycles. The van der Waals surface area contributed by atoms with Crippen LogP contribution in [0, 0.1) is 0 Å². The molecule has 0 aliphatic rings. The van der Waals surface area contributed by atoms with Gasteiger partial charge >= 0.3 is 11.9 Å². The first-order chi connectivity index (χ1) is 17.0. The van der Waals surface area contributed by atoms with Gasteiger partial charge in [0.2, 0.25) is 34.4 Å². The summed E-state index contributed by atoms with van der Waals surface area (Å²) in [4.78, 5) is 46.0. The molecule has 2 heterocycles. The molecule has 4 N–H and O–H groups in total. The van der Waals surface area contributed by atoms with Gasteiger partial charge in [0.25, 0.3) is 0 Å². The third-order valence-electron chi connectivity index (χ3n) is 3.44. The van der Waals surface area contributed by atoms with Crippen LogP contribution in [0.1, 0.15) is 41.5 Å². The third kappa shape index (κ3) is 13.6. The van der Waals surface area contributed by atoms with Gasteiger partial charge < -0.3 is 30.7 Å². The van der Waals surface area contributed by atoms with Crippen LogP contribution in [0.3, 0.4) is 0 Å². The van der Waals surface area contributed by atoms with Gasteiger partial charge in [-0.15, -0.1) is 0 Å². The van der Waals surface area contributed by atoms with E-state index in [9.17, 15) is 9.59 Å². The Hall–Kier alpha value is -3.26. The second-order valence-electron chi connectivity index (χ2n) is 7.42. The van der Waals surface area contributed by atoms with Crippen LogP contribution < -0.4 is 21.3 Å². The van der Waals surface area contributed by atoms with Crippen LogP contribution in [-0.4, -0.2) is 80.2 Å². The fraction of sp³-hybridized carbons (Fsp3) is 0.600. The molecule has 2 aromatic heterocycles. The Balaban J connectivity index is 0.000000360. The maximum atomic E-state index is 11.2. The third-order valence-corrected chi connectivity index (χ3v) is 3.78. The SMILES string of the molecule is CCOC(=O)CNc1nc(Cl)nc(NC(C)C)n1.CCOC(=O)CNc1nc(Cl)nc(NC(C)C)n1. The molecule has 0 atom stereocenters. The van der Waals surface area contributed by atoms with Crippen molar-refractivity contribution in [3.8, 4) is 0 Å². The maximum absolute atomic E-state index is 11.2. The molecule has 2 aromatic rings. The minimum absolute atomic E-state index is 0.0186. The highest BCUT2D eigenvalue weighted by atomic mass is 35.5. The number of rotatable bonds is 12. The van der Waals surface area contributed by atoms with Crippen LogP contribution in [0.15, 0.2) is 0 Å². The first kappa shape index (κ1) is 30.8. The van der Waals surface area contributed by atoms with Crippen LogP contribution in [0.2, 0.25) is 10.6 Å². The van der Waals surface area contributed by atoms with Crippen LogP contribution >= 0.6 is 23.2 Å². The summed E-state index contributed by atoms with van der Waals surface area (Å²) in [6.07, 6.45) is 0. The lowest BCUT2D eigenvalue weighted by Gasteiger charge is -2.10. The number of nitrogens with one attached hydrogen (secondary N) is 4. The van der Waals surface area contributed by atoms with Gasteiger partial charge in [0.05, 0.1) is 13.2 Å². The van der Waals surface area contributed by atoms with Crippen molar-refractivity contribution in [3.05, 3.63) is 10.6 Å². The smallest absolute Gasteiger partial charge is 0.325 e. The number of anilines is 4. The Morgan fingerprint density at radius 2 is 1.00 bits per heavy atom. The summed E-state index contributed by atoms with van der Waals surface area (Å²) < 4.78 is 9.53. The molecule has 0 amide bonds. The fourth-order valence-electron chi connectivity index (χ4n) is 2.23. The summed E-state index contributed by atoms with van der Waals surface area (Å²) in [6.45, 7) is 11.9. The molecule has 16 heteroatoms. The Morgan fingerprint density at radius 1 is 0.667 bits per heavy atom. The summed E-state index contributed by atoms with van der Waals surface area (Å²) in [6, 6.07) is 0.336. The normalized spacial score (nSPS) is 10.3. The van der Waals surface area contributed by atoms with E-state index in [4.69, 9.17) is 32.7 Å². The molecule has 2 rings (SSSR count). The van der Waals surface area contributed by atoms with Gasteiger partial charge in [-0.2, -0.15) is 29.9 Å². The number of halogens is 2. The Bertz CT molecular complexity index is 904. The van der Waals surface area contributed by atoms with Crippen molar-refractivity contribution in [2.75, 3.05) is 47.6 Å². The van der Waals surface area contributed by atoms with E-state index in [-0.39, 0.29) is 59.6 Å². The number of ether oxygens (including phenoxy) is 2. The van der Waals surface area contributed by atoms with E-state index in [0.29, 0.717) is 25.1 Å². The van der Waals surface area contributed by atoms with Gasteiger partial charge in [-0.3, -0.25) is 9.59 Å². The highest BCUT2D eigenvalue weighted by Gasteiger charge is 2.09. The van der Waals surface area contributed by atoms with Crippen molar-refractivity contribution in [2.45, 2.75) is 53.6 Å². The molecule has 36 heavy (non-hydrogen) atoms. The van der Waals surface area contributed by atoms with Crippen LogP contribution in [-0.2, 0) is 19.1 Å². The van der Waals surface area contributed by atoms with Crippen molar-refractivity contribution >= 4 is 58.9 Å². The van der Waals surface area contributed by atoms with Gasteiger partial charge in [-0.05, 0) is 64.7 Å². The average molecular weight is 547 g/mol. The van der Waals surface area contributed by atoms with E-state index in [2.05, 4.69) is 51.2 Å². The monoisotopic (exact) mass is 546 g/mol. The maximum Gasteiger partial charge on any atom is 0.325 e. The molecule has 0 fully saturated rings. The minimum Gasteiger partial charge on any atom is -0.465 e. The highest BCUT2D eigenvalue weighted by molar-refractivity contribution is 6.28. The van der Waals surface area contributed by atoms with Crippen molar-refractivity contribution < 1.29 is 19.1 Å². The zero-order chi connectivity index (χ0) is 27.1. The summed E-state index contributed by atoms with van der Waals surface area (Å²) in [5.74, 6) is 0.407. The molecule has 200 valence electrons. The lowest BCUT2D eigenvalue weighted by Crippen LogP contribution is -2.19. The van der Waals surface area contributed by atoms with Crippen LogP contribution in [0.25, 0.3) is 0 Å². The Labute approximate surface area is 219 Å². The summed E-state index contributed by atoms with van der Waals surface area (Å²) in [7, 11) is 0. The van der Waals surface area contributed by atoms with Crippen LogP contribution in [0.5, 0.6) is 0 Å². The summed E-state index contributed by atoms with van der Waals surface area (Å²) >= 11 is 11.5. The molecule has 0 saturated carbocycles. The second kappa shape index (κ2) is 16.4. The highest BCUT2D eigenvalue weighted by Crippen LogP contribution is 2.11. The topological polar surface area (TPSA) is 178 Å². The molecule has 0 bridgehead atoms. The van der Waals surface area contributed by atoms with Crippen molar-refractivity contribution in [2.24, 2.45) is 0 Å². The van der Waals surface area contributed by atoms with E-state index in [1.165, 1.54) is 0 Å². The van der Waals surface area contributed by atoms with Crippen molar-refractivity contribution in [1.29, 1.82) is 0 Å². The number of carbonyl (C=O) groups is 2. The number of esters is 2. The van der Waals surface area contributed by atoms with Gasteiger partial charge in [0, 0.05) is 12.1 Å². The quantitative estimate of drug-likeness (QED) is 0.285. The molecule has 0 saturated heterocycles. The lowest BCUT2D eigenvalue weighted by atomic mass is 10.4. The van der Waals surface area contributed by atoms with E-state index in [1.807, 2.05) is 27.7 Å². The van der Waals surface area contributed by atoms with Gasteiger partial charge in [0.1, 0.15) is 13.1 Å². The van der Waals surface area contributed by atoms with Crippen molar-refractivity contribution in [3.63, 3.8) is 0 Å². The average Bonchev–Trinajstić information content (AvgIpc) is 2.75. The van der Waals surface area contributed by atoms with E-state index >= 15 is 0 Å². The molecule has 0 unspecified atom stereocenters. The first-order valence-electron chi connectivity index (χ1n) is 11.2. The largest absolute Gasteiger partial charge is 0.465 e. The second-order valence-corrected chi connectivity index (χ2v) is 8.09. The summed E-state index contributed by atoms with van der Waals surface area (Å²) in [5, 5.41) is 11.5. The van der Waals surface area contributed by atoms with Crippen LogP contribution in [0.4, 0.5) is 23.8 Å². The number of nitrogens with zero attached hydrogens (tertiary/aromatic N) is 6. The standard InChI is InChI=1S/2C10H16ClN5O2/c2*1-4-18-7(17)5-12-9-14-8(11)15-10(16-9)13-6(2)3/h2*6H,4-5H2,1-3H3,(H2,12,13,14,15,16).